The standard InChI is InChI=1S/C4H11N5O4/c1-12-6-8(10)4(3-5)9(11)7-13-2/h4H,3,5H2,1-2H3. The molecule has 76 valence electrons. The molecule has 9 heteroatoms. The summed E-state index contributed by atoms with van der Waals surface area (Å²) in [6, 6.07) is 0. The SMILES string of the molecule is CON=[N+]([O-])C(CN)[N+]([O-])=NOC. The Hall–Kier alpha value is -1.64. The minimum absolute atomic E-state index is 0.00444. The fraction of sp³-hybridized carbons (Fsp3) is 1.00. The van der Waals surface area contributed by atoms with Crippen molar-refractivity contribution in [1.82, 2.24) is 0 Å². The highest BCUT2D eigenvalue weighted by Gasteiger charge is 2.27. The van der Waals surface area contributed by atoms with Crippen LogP contribution in [0.5, 0.6) is 0 Å². The third kappa shape index (κ3) is 3.51. The maximum absolute atomic E-state index is 10.9. The predicted octanol–water partition coefficient (Wildman–Crippen LogP) is -0.681. The fourth-order valence-electron chi connectivity index (χ4n) is 0.535. The molecule has 0 atom stereocenters. The van der Waals surface area contributed by atoms with Gasteiger partial charge in [0.05, 0.1) is 0 Å². The molecule has 0 fully saturated rings. The molecule has 0 aliphatic rings. The van der Waals surface area contributed by atoms with Crippen LogP contribution in [-0.2, 0) is 9.68 Å². The molecule has 0 aliphatic heterocycles. The molecular weight excluding hydrogens is 182 g/mol. The molecule has 0 radical (unpaired) electrons. The predicted molar refractivity (Wildman–Crippen MR) is 39.0 cm³/mol. The Labute approximate surface area is 74.1 Å². The van der Waals surface area contributed by atoms with E-state index in [9.17, 15) is 10.4 Å². The first-order valence-electron chi connectivity index (χ1n) is 3.28. The van der Waals surface area contributed by atoms with E-state index < -0.39 is 6.17 Å². The molecule has 13 heavy (non-hydrogen) atoms. The van der Waals surface area contributed by atoms with Crippen molar-refractivity contribution in [3.8, 4) is 0 Å². The van der Waals surface area contributed by atoms with Gasteiger partial charge in [-0.3, -0.25) is 0 Å². The Kier molecular flexibility index (Phi) is 5.19. The lowest BCUT2D eigenvalue weighted by atomic mass is 10.5. The maximum Gasteiger partial charge on any atom is 0.428 e. The van der Waals surface area contributed by atoms with Crippen molar-refractivity contribution >= 4 is 0 Å². The molecule has 9 nitrogen and oxygen atoms in total. The summed E-state index contributed by atoms with van der Waals surface area (Å²) in [4.78, 5) is 8.29. The molecule has 0 amide bonds. The van der Waals surface area contributed by atoms with Crippen molar-refractivity contribution in [3.05, 3.63) is 10.4 Å². The lowest BCUT2D eigenvalue weighted by molar-refractivity contribution is -0.794. The van der Waals surface area contributed by atoms with Crippen molar-refractivity contribution in [3.63, 3.8) is 0 Å². The van der Waals surface area contributed by atoms with Crippen LogP contribution in [0.25, 0.3) is 0 Å². The van der Waals surface area contributed by atoms with Gasteiger partial charge in [0.2, 0.25) is 10.6 Å². The number of nitrogens with two attached hydrogens (primary N) is 1. The fourth-order valence-corrected chi connectivity index (χ4v) is 0.535. The smallest absolute Gasteiger partial charge is 0.428 e. The lowest BCUT2D eigenvalue weighted by Crippen LogP contribution is -2.37. The first-order valence-corrected chi connectivity index (χ1v) is 3.28. The van der Waals surface area contributed by atoms with Crippen LogP contribution < -0.4 is 5.73 Å². The Morgan fingerprint density at radius 2 is 1.62 bits per heavy atom. The van der Waals surface area contributed by atoms with E-state index in [-0.39, 0.29) is 16.3 Å². The third-order valence-corrected chi connectivity index (χ3v) is 1.04. The zero-order valence-corrected chi connectivity index (χ0v) is 7.28. The third-order valence-electron chi connectivity index (χ3n) is 1.04. The molecule has 0 rings (SSSR count). The summed E-state index contributed by atoms with van der Waals surface area (Å²) >= 11 is 0. The van der Waals surface area contributed by atoms with Crippen molar-refractivity contribution in [1.29, 1.82) is 0 Å². The second-order valence-corrected chi connectivity index (χ2v) is 1.85. The van der Waals surface area contributed by atoms with Crippen molar-refractivity contribution in [2.45, 2.75) is 6.17 Å². The summed E-state index contributed by atoms with van der Waals surface area (Å²) in [6.07, 6.45) is -1.29. The van der Waals surface area contributed by atoms with Gasteiger partial charge < -0.3 is 25.8 Å². The van der Waals surface area contributed by atoms with E-state index in [4.69, 9.17) is 5.73 Å². The zero-order chi connectivity index (χ0) is 10.3. The van der Waals surface area contributed by atoms with Crippen molar-refractivity contribution < 1.29 is 19.4 Å². The number of hydrogen-bond acceptors (Lipinski definition) is 7. The Bertz CT molecular complexity index is 185. The number of hydrogen-bond donors (Lipinski definition) is 1. The molecule has 0 aromatic heterocycles. The van der Waals surface area contributed by atoms with Crippen LogP contribution in [0.15, 0.2) is 10.6 Å². The average Bonchev–Trinajstić information content (AvgIpc) is 2.06. The maximum atomic E-state index is 10.9. The summed E-state index contributed by atoms with van der Waals surface area (Å²) in [7, 11) is 2.34. The van der Waals surface area contributed by atoms with Crippen molar-refractivity contribution in [2.75, 3.05) is 20.8 Å². The average molecular weight is 193 g/mol. The Morgan fingerprint density at radius 3 is 1.85 bits per heavy atom. The van der Waals surface area contributed by atoms with Gasteiger partial charge in [-0.1, -0.05) is 0 Å². The molecule has 0 aromatic rings. The van der Waals surface area contributed by atoms with E-state index in [1.54, 1.807) is 0 Å². The van der Waals surface area contributed by atoms with Crippen LogP contribution in [0.1, 0.15) is 0 Å². The molecule has 0 saturated heterocycles. The van der Waals surface area contributed by atoms with E-state index in [0.29, 0.717) is 0 Å². The van der Waals surface area contributed by atoms with E-state index in [1.165, 1.54) is 14.2 Å². The van der Waals surface area contributed by atoms with E-state index in [1.807, 2.05) is 0 Å². The normalized spacial score (nSPS) is 15.3. The van der Waals surface area contributed by atoms with E-state index in [2.05, 4.69) is 20.2 Å². The zero-order valence-electron chi connectivity index (χ0n) is 7.28. The van der Waals surface area contributed by atoms with Gasteiger partial charge in [0.15, 0.2) is 0 Å². The number of rotatable bonds is 5. The highest BCUT2D eigenvalue weighted by molar-refractivity contribution is 4.36. The minimum Gasteiger partial charge on any atom is -0.592 e. The van der Waals surface area contributed by atoms with Gasteiger partial charge in [0.25, 0.3) is 0 Å². The molecular formula is C4H11N5O4. The molecule has 0 saturated carbocycles. The second kappa shape index (κ2) is 5.94. The monoisotopic (exact) mass is 193 g/mol. The summed E-state index contributed by atoms with van der Waals surface area (Å²) < 4.78 is 0. The molecule has 2 N–H and O–H groups in total. The topological polar surface area (TPSA) is 121 Å². The van der Waals surface area contributed by atoms with E-state index >= 15 is 0 Å². The minimum atomic E-state index is -1.29. The van der Waals surface area contributed by atoms with Crippen LogP contribution in [0.4, 0.5) is 0 Å². The van der Waals surface area contributed by atoms with Crippen molar-refractivity contribution in [2.24, 2.45) is 16.3 Å². The van der Waals surface area contributed by atoms with Crippen LogP contribution in [-0.4, -0.2) is 36.7 Å². The summed E-state index contributed by atoms with van der Waals surface area (Å²) in [6.45, 7) is -0.257. The summed E-state index contributed by atoms with van der Waals surface area (Å²) in [5.74, 6) is 0. The highest BCUT2D eigenvalue weighted by Crippen LogP contribution is 1.93. The second-order valence-electron chi connectivity index (χ2n) is 1.85. The number of hydroxylamine groups is 2. The van der Waals surface area contributed by atoms with Crippen LogP contribution in [0.3, 0.4) is 0 Å². The highest BCUT2D eigenvalue weighted by atomic mass is 16.7. The van der Waals surface area contributed by atoms with Crippen LogP contribution in [0, 0.1) is 10.4 Å². The van der Waals surface area contributed by atoms with Gasteiger partial charge in [0, 0.05) is 9.72 Å². The van der Waals surface area contributed by atoms with E-state index in [0.717, 1.165) is 0 Å². The molecule has 0 bridgehead atoms. The molecule has 0 spiro atoms. The lowest BCUT2D eigenvalue weighted by Gasteiger charge is -2.06. The number of nitrogens with zero attached hydrogens (tertiary/aromatic N) is 4. The largest absolute Gasteiger partial charge is 0.592 e. The Morgan fingerprint density at radius 1 is 1.23 bits per heavy atom. The first-order chi connectivity index (χ1) is 6.17. The van der Waals surface area contributed by atoms with Crippen LogP contribution >= 0.6 is 0 Å². The summed E-state index contributed by atoms with van der Waals surface area (Å²) in [5, 5.41) is 27.6. The van der Waals surface area contributed by atoms with Gasteiger partial charge >= 0.3 is 6.17 Å². The van der Waals surface area contributed by atoms with Gasteiger partial charge in [-0.2, -0.15) is 0 Å². The Balaban J connectivity index is 4.50. The molecule has 0 heterocycles. The van der Waals surface area contributed by atoms with Crippen LogP contribution in [0.2, 0.25) is 0 Å². The quantitative estimate of drug-likeness (QED) is 0.268. The van der Waals surface area contributed by atoms with Gasteiger partial charge in [-0.25, -0.2) is 0 Å². The molecule has 0 unspecified atom stereocenters. The molecule has 0 aromatic carbocycles. The van der Waals surface area contributed by atoms with Gasteiger partial charge in [-0.05, 0) is 0 Å². The first kappa shape index (κ1) is 11.4. The molecule has 0 aliphatic carbocycles. The summed E-state index contributed by atoms with van der Waals surface area (Å²) in [5.41, 5.74) is 5.12. The van der Waals surface area contributed by atoms with Gasteiger partial charge in [0.1, 0.15) is 20.8 Å². The van der Waals surface area contributed by atoms with Gasteiger partial charge in [-0.15, -0.1) is 0 Å².